The summed E-state index contributed by atoms with van der Waals surface area (Å²) in [5.41, 5.74) is 6.56. The molecule has 0 radical (unpaired) electrons. The summed E-state index contributed by atoms with van der Waals surface area (Å²) in [6.07, 6.45) is 2.25. The van der Waals surface area contributed by atoms with Gasteiger partial charge >= 0.3 is 0 Å². The van der Waals surface area contributed by atoms with Gasteiger partial charge in [-0.3, -0.25) is 0 Å². The van der Waals surface area contributed by atoms with Gasteiger partial charge in [-0.15, -0.1) is 4.73 Å². The molecule has 1 fully saturated rings. The van der Waals surface area contributed by atoms with Crippen LogP contribution in [0, 0.1) is 0 Å². The van der Waals surface area contributed by atoms with Gasteiger partial charge in [0.15, 0.2) is 5.52 Å². The number of aliphatic hydroxyl groups excluding tert-OH is 1. The number of fused-ring (bicyclic) bond motifs is 1. The summed E-state index contributed by atoms with van der Waals surface area (Å²) in [6.45, 7) is 2.27. The Labute approximate surface area is 120 Å². The van der Waals surface area contributed by atoms with Crippen molar-refractivity contribution in [1.82, 2.24) is 19.7 Å². The number of nitrogens with two attached hydrogens (primary N) is 1. The minimum absolute atomic E-state index is 0.0197. The average Bonchev–Trinajstić information content (AvgIpc) is 3.07. The molecular weight excluding hydrogens is 278 g/mol. The van der Waals surface area contributed by atoms with Gasteiger partial charge in [0, 0.05) is 6.42 Å². The number of hydrogen-bond donors (Lipinski definition) is 2. The zero-order valence-electron chi connectivity index (χ0n) is 11.6. The average molecular weight is 295 g/mol. The second-order valence-corrected chi connectivity index (χ2v) is 4.62. The predicted molar refractivity (Wildman–Crippen MR) is 72.5 cm³/mol. The number of anilines is 1. The maximum Gasteiger partial charge on any atom is 0.247 e. The molecule has 2 aromatic rings. The van der Waals surface area contributed by atoms with Crippen LogP contribution in [0.2, 0.25) is 0 Å². The van der Waals surface area contributed by atoms with Crippen LogP contribution in [-0.2, 0) is 4.74 Å². The highest BCUT2D eigenvalue weighted by Crippen LogP contribution is 2.23. The second kappa shape index (κ2) is 5.70. The van der Waals surface area contributed by atoms with Gasteiger partial charge in [-0.1, -0.05) is 0 Å². The van der Waals surface area contributed by atoms with Gasteiger partial charge in [0.05, 0.1) is 19.3 Å². The van der Waals surface area contributed by atoms with Gasteiger partial charge in [-0.2, -0.15) is 9.97 Å². The van der Waals surface area contributed by atoms with Crippen LogP contribution in [0.1, 0.15) is 19.8 Å². The standard InChI is InChI=1S/C12H17N5O4/c1-2-19-11-9-10(15-12(13)16-11)17(6-14-9)21-8-4-3-7(5-18)20-8/h6-8,18H,2-5H2,1H3,(H2,13,15,16)/t7-,8+/m0/s1. The lowest BCUT2D eigenvalue weighted by Gasteiger charge is -2.14. The quantitative estimate of drug-likeness (QED) is 0.774. The predicted octanol–water partition coefficient (Wildman–Crippen LogP) is -0.267. The Hall–Kier alpha value is -2.13. The number of rotatable bonds is 5. The Morgan fingerprint density at radius 2 is 2.33 bits per heavy atom. The number of imidazole rings is 1. The van der Waals surface area contributed by atoms with E-state index in [1.807, 2.05) is 6.92 Å². The van der Waals surface area contributed by atoms with Crippen molar-refractivity contribution in [2.24, 2.45) is 0 Å². The Bertz CT molecular complexity index is 631. The van der Waals surface area contributed by atoms with E-state index in [9.17, 15) is 0 Å². The summed E-state index contributed by atoms with van der Waals surface area (Å²) in [5, 5.41) is 9.06. The topological polar surface area (TPSA) is 118 Å². The van der Waals surface area contributed by atoms with E-state index in [0.29, 0.717) is 30.1 Å². The third-order valence-electron chi connectivity index (χ3n) is 3.14. The molecule has 3 heterocycles. The lowest BCUT2D eigenvalue weighted by molar-refractivity contribution is -0.140. The molecule has 114 valence electrons. The zero-order valence-corrected chi connectivity index (χ0v) is 11.6. The minimum atomic E-state index is -0.453. The molecule has 9 nitrogen and oxygen atoms in total. The maximum atomic E-state index is 9.06. The van der Waals surface area contributed by atoms with Crippen LogP contribution in [0.15, 0.2) is 6.33 Å². The van der Waals surface area contributed by atoms with E-state index in [0.717, 1.165) is 6.42 Å². The van der Waals surface area contributed by atoms with Gasteiger partial charge in [-0.25, -0.2) is 4.98 Å². The first kappa shape index (κ1) is 13.8. The smallest absolute Gasteiger partial charge is 0.247 e. The van der Waals surface area contributed by atoms with Crippen molar-refractivity contribution < 1.29 is 19.4 Å². The molecule has 0 saturated carbocycles. The molecule has 1 aliphatic rings. The summed E-state index contributed by atoms with van der Waals surface area (Å²) in [4.78, 5) is 18.0. The molecule has 2 atom stereocenters. The van der Waals surface area contributed by atoms with Crippen LogP contribution in [0.5, 0.6) is 5.88 Å². The van der Waals surface area contributed by atoms with Crippen molar-refractivity contribution in [3.63, 3.8) is 0 Å². The third-order valence-corrected chi connectivity index (χ3v) is 3.14. The fourth-order valence-electron chi connectivity index (χ4n) is 2.20. The van der Waals surface area contributed by atoms with Gasteiger partial charge in [0.25, 0.3) is 0 Å². The lowest BCUT2D eigenvalue weighted by atomic mass is 10.2. The second-order valence-electron chi connectivity index (χ2n) is 4.62. The molecule has 0 amide bonds. The largest absolute Gasteiger partial charge is 0.476 e. The highest BCUT2D eigenvalue weighted by atomic mass is 16.8. The van der Waals surface area contributed by atoms with Crippen LogP contribution in [0.4, 0.5) is 5.95 Å². The van der Waals surface area contributed by atoms with Crippen molar-refractivity contribution >= 4 is 17.1 Å². The molecule has 0 unspecified atom stereocenters. The van der Waals surface area contributed by atoms with E-state index >= 15 is 0 Å². The molecule has 1 aliphatic heterocycles. The minimum Gasteiger partial charge on any atom is -0.476 e. The normalized spacial score (nSPS) is 21.8. The molecule has 0 aliphatic carbocycles. The van der Waals surface area contributed by atoms with Crippen LogP contribution in [-0.4, -0.2) is 50.4 Å². The van der Waals surface area contributed by atoms with Crippen LogP contribution in [0.25, 0.3) is 11.2 Å². The molecule has 3 N–H and O–H groups in total. The molecular formula is C12H17N5O4. The van der Waals surface area contributed by atoms with Crippen LogP contribution < -0.4 is 15.3 Å². The Morgan fingerprint density at radius 1 is 1.48 bits per heavy atom. The Kier molecular flexibility index (Phi) is 3.76. The summed E-state index contributed by atoms with van der Waals surface area (Å²) < 4.78 is 12.3. The number of aromatic nitrogens is 4. The van der Waals surface area contributed by atoms with Gasteiger partial charge in [0.2, 0.25) is 23.8 Å². The number of nitrogens with zero attached hydrogens (tertiary/aromatic N) is 4. The van der Waals surface area contributed by atoms with E-state index in [1.54, 1.807) is 0 Å². The number of aliphatic hydroxyl groups is 1. The van der Waals surface area contributed by atoms with Crippen molar-refractivity contribution in [2.45, 2.75) is 32.2 Å². The Morgan fingerprint density at radius 3 is 3.05 bits per heavy atom. The highest BCUT2D eigenvalue weighted by Gasteiger charge is 2.27. The van der Waals surface area contributed by atoms with Crippen molar-refractivity contribution in [3.05, 3.63) is 6.33 Å². The first-order chi connectivity index (χ1) is 10.2. The summed E-state index contributed by atoms with van der Waals surface area (Å²) in [6, 6.07) is 0. The monoisotopic (exact) mass is 295 g/mol. The van der Waals surface area contributed by atoms with E-state index < -0.39 is 6.29 Å². The van der Waals surface area contributed by atoms with Gasteiger partial charge < -0.3 is 25.2 Å². The molecule has 9 heteroatoms. The fraction of sp³-hybridized carbons (Fsp3) is 0.583. The summed E-state index contributed by atoms with van der Waals surface area (Å²) >= 11 is 0. The van der Waals surface area contributed by atoms with E-state index in [1.165, 1.54) is 11.1 Å². The molecule has 21 heavy (non-hydrogen) atoms. The van der Waals surface area contributed by atoms with Crippen molar-refractivity contribution in [2.75, 3.05) is 18.9 Å². The van der Waals surface area contributed by atoms with E-state index in [-0.39, 0.29) is 18.7 Å². The third kappa shape index (κ3) is 2.69. The Balaban J connectivity index is 1.86. The molecule has 0 aromatic carbocycles. The first-order valence-corrected chi connectivity index (χ1v) is 6.78. The SMILES string of the molecule is CCOc1nc(N)nc2c1ncn2O[C@@H]1CC[C@@H](CO)O1. The van der Waals surface area contributed by atoms with Gasteiger partial charge in [-0.05, 0) is 13.3 Å². The van der Waals surface area contributed by atoms with E-state index in [2.05, 4.69) is 15.0 Å². The lowest BCUT2D eigenvalue weighted by Crippen LogP contribution is -2.26. The van der Waals surface area contributed by atoms with Gasteiger partial charge in [0.1, 0.15) is 6.33 Å². The molecule has 2 aromatic heterocycles. The molecule has 3 rings (SSSR count). The summed E-state index contributed by atoms with van der Waals surface area (Å²) in [7, 11) is 0. The van der Waals surface area contributed by atoms with Crippen LogP contribution >= 0.6 is 0 Å². The van der Waals surface area contributed by atoms with Crippen molar-refractivity contribution in [1.29, 1.82) is 0 Å². The summed E-state index contributed by atoms with van der Waals surface area (Å²) in [5.74, 6) is 0.403. The number of nitrogen functional groups attached to an aromatic ring is 1. The molecule has 0 spiro atoms. The molecule has 1 saturated heterocycles. The molecule has 0 bridgehead atoms. The van der Waals surface area contributed by atoms with Crippen molar-refractivity contribution in [3.8, 4) is 5.88 Å². The maximum absolute atomic E-state index is 9.06. The zero-order chi connectivity index (χ0) is 14.8. The number of hydrogen-bond acceptors (Lipinski definition) is 8. The first-order valence-electron chi connectivity index (χ1n) is 6.78. The highest BCUT2D eigenvalue weighted by molar-refractivity contribution is 5.77. The fourth-order valence-corrected chi connectivity index (χ4v) is 2.20. The van der Waals surface area contributed by atoms with E-state index in [4.69, 9.17) is 25.2 Å². The number of ether oxygens (including phenoxy) is 2. The van der Waals surface area contributed by atoms with Crippen LogP contribution in [0.3, 0.4) is 0 Å².